The molecular formula is C14H25N5OS. The molecule has 0 spiro atoms. The number of thiazole rings is 1. The van der Waals surface area contributed by atoms with Crippen molar-refractivity contribution in [2.24, 2.45) is 5.92 Å². The van der Waals surface area contributed by atoms with E-state index in [1.165, 1.54) is 11.3 Å². The molecule has 0 unspecified atom stereocenters. The van der Waals surface area contributed by atoms with Crippen molar-refractivity contribution < 1.29 is 4.79 Å². The molecular weight excluding hydrogens is 286 g/mol. The Labute approximate surface area is 130 Å². The summed E-state index contributed by atoms with van der Waals surface area (Å²) in [6.07, 6.45) is 2.14. The summed E-state index contributed by atoms with van der Waals surface area (Å²) in [6, 6.07) is 0. The van der Waals surface area contributed by atoms with E-state index in [1.807, 2.05) is 0 Å². The number of carbonyl (C=O) groups excluding carboxylic acids is 1. The third kappa shape index (κ3) is 4.07. The molecule has 0 bridgehead atoms. The quantitative estimate of drug-likeness (QED) is 0.737. The van der Waals surface area contributed by atoms with Gasteiger partial charge in [-0.15, -0.1) is 0 Å². The van der Waals surface area contributed by atoms with Crippen molar-refractivity contribution >= 4 is 28.2 Å². The Hall–Kier alpha value is -1.34. The van der Waals surface area contributed by atoms with Crippen molar-refractivity contribution in [1.82, 2.24) is 15.6 Å². The summed E-state index contributed by atoms with van der Waals surface area (Å²) in [4.78, 5) is 19.3. The van der Waals surface area contributed by atoms with Crippen molar-refractivity contribution in [1.29, 1.82) is 0 Å². The van der Waals surface area contributed by atoms with E-state index in [1.54, 1.807) is 0 Å². The number of amides is 1. The maximum absolute atomic E-state index is 12.2. The molecule has 0 atom stereocenters. The van der Waals surface area contributed by atoms with E-state index < -0.39 is 0 Å². The molecule has 1 saturated heterocycles. The van der Waals surface area contributed by atoms with E-state index in [0.29, 0.717) is 23.2 Å². The van der Waals surface area contributed by atoms with Crippen molar-refractivity contribution in [3.8, 4) is 0 Å². The van der Waals surface area contributed by atoms with Gasteiger partial charge in [-0.1, -0.05) is 38.0 Å². The van der Waals surface area contributed by atoms with Crippen LogP contribution in [0.3, 0.4) is 0 Å². The zero-order valence-electron chi connectivity index (χ0n) is 12.8. The number of nitrogens with zero attached hydrogens (tertiary/aromatic N) is 2. The number of nitrogens with one attached hydrogen (secondary N) is 2. The molecule has 1 amide bonds. The number of hydrogen-bond acceptors (Lipinski definition) is 6. The molecule has 2 heterocycles. The number of anilines is 2. The minimum absolute atomic E-state index is 0.0988. The zero-order valence-corrected chi connectivity index (χ0v) is 13.6. The summed E-state index contributed by atoms with van der Waals surface area (Å²) in [5.41, 5.74) is 5.92. The largest absolute Gasteiger partial charge is 0.382 e. The summed E-state index contributed by atoms with van der Waals surface area (Å²) in [5, 5.41) is 7.13. The Morgan fingerprint density at radius 2 is 2.10 bits per heavy atom. The maximum atomic E-state index is 12.2. The SMILES string of the molecule is CCC(CC)CNC(=O)c1sc(N2CCNCC2)nc1N. The van der Waals surface area contributed by atoms with Crippen LogP contribution < -0.4 is 21.3 Å². The molecule has 4 N–H and O–H groups in total. The van der Waals surface area contributed by atoms with Gasteiger partial charge in [0.25, 0.3) is 5.91 Å². The Kier molecular flexibility index (Phi) is 5.81. The second-order valence-corrected chi connectivity index (χ2v) is 6.32. The van der Waals surface area contributed by atoms with Crippen LogP contribution in [0.25, 0.3) is 0 Å². The van der Waals surface area contributed by atoms with E-state index in [4.69, 9.17) is 5.73 Å². The fourth-order valence-electron chi connectivity index (χ4n) is 2.37. The fourth-order valence-corrected chi connectivity index (χ4v) is 3.32. The van der Waals surface area contributed by atoms with Crippen LogP contribution in [0.1, 0.15) is 36.4 Å². The molecule has 1 aliphatic rings. The van der Waals surface area contributed by atoms with Gasteiger partial charge in [-0.2, -0.15) is 0 Å². The zero-order chi connectivity index (χ0) is 15.2. The predicted molar refractivity (Wildman–Crippen MR) is 88.0 cm³/mol. The van der Waals surface area contributed by atoms with Gasteiger partial charge in [0.1, 0.15) is 10.7 Å². The van der Waals surface area contributed by atoms with Crippen LogP contribution in [0, 0.1) is 5.92 Å². The number of carbonyl (C=O) groups is 1. The first-order valence-electron chi connectivity index (χ1n) is 7.65. The van der Waals surface area contributed by atoms with Gasteiger partial charge in [0.2, 0.25) is 0 Å². The highest BCUT2D eigenvalue weighted by molar-refractivity contribution is 7.18. The highest BCUT2D eigenvalue weighted by atomic mass is 32.1. The van der Waals surface area contributed by atoms with Gasteiger partial charge in [-0.25, -0.2) is 4.98 Å². The lowest BCUT2D eigenvalue weighted by molar-refractivity contribution is 0.0951. The number of nitrogens with two attached hydrogens (primary N) is 1. The van der Waals surface area contributed by atoms with Crippen molar-refractivity contribution in [3.05, 3.63) is 4.88 Å². The molecule has 0 aromatic carbocycles. The second-order valence-electron chi connectivity index (χ2n) is 5.34. The number of rotatable bonds is 6. The predicted octanol–water partition coefficient (Wildman–Crippen LogP) is 1.30. The molecule has 0 aliphatic carbocycles. The summed E-state index contributed by atoms with van der Waals surface area (Å²) >= 11 is 1.39. The Morgan fingerprint density at radius 1 is 1.43 bits per heavy atom. The van der Waals surface area contributed by atoms with Crippen molar-refractivity contribution in [2.75, 3.05) is 43.4 Å². The molecule has 2 rings (SSSR count). The topological polar surface area (TPSA) is 83.3 Å². The molecule has 1 aliphatic heterocycles. The molecule has 1 aromatic rings. The average molecular weight is 311 g/mol. The summed E-state index contributed by atoms with van der Waals surface area (Å²) in [5.74, 6) is 0.768. The van der Waals surface area contributed by atoms with Crippen molar-refractivity contribution in [3.63, 3.8) is 0 Å². The van der Waals surface area contributed by atoms with Gasteiger partial charge in [0, 0.05) is 32.7 Å². The molecule has 1 fully saturated rings. The van der Waals surface area contributed by atoms with E-state index in [9.17, 15) is 4.79 Å². The normalized spacial score (nSPS) is 15.5. The van der Waals surface area contributed by atoms with Crippen LogP contribution in [0.2, 0.25) is 0 Å². The number of nitrogen functional groups attached to an aromatic ring is 1. The third-order valence-corrected chi connectivity index (χ3v) is 5.07. The number of aromatic nitrogens is 1. The third-order valence-electron chi connectivity index (χ3n) is 3.94. The molecule has 21 heavy (non-hydrogen) atoms. The minimum atomic E-state index is -0.0988. The minimum Gasteiger partial charge on any atom is -0.382 e. The van der Waals surface area contributed by atoms with Gasteiger partial charge in [0.05, 0.1) is 0 Å². The molecule has 7 heteroatoms. The van der Waals surface area contributed by atoms with Gasteiger partial charge >= 0.3 is 0 Å². The van der Waals surface area contributed by atoms with Crippen LogP contribution in [-0.2, 0) is 0 Å². The van der Waals surface area contributed by atoms with Gasteiger partial charge in [-0.3, -0.25) is 4.79 Å². The van der Waals surface area contributed by atoms with Crippen LogP contribution >= 0.6 is 11.3 Å². The van der Waals surface area contributed by atoms with Crippen LogP contribution in [0.5, 0.6) is 0 Å². The lowest BCUT2D eigenvalue weighted by Gasteiger charge is -2.26. The van der Waals surface area contributed by atoms with E-state index >= 15 is 0 Å². The summed E-state index contributed by atoms with van der Waals surface area (Å²) in [6.45, 7) is 8.68. The molecule has 6 nitrogen and oxygen atoms in total. The van der Waals surface area contributed by atoms with Gasteiger partial charge in [-0.05, 0) is 5.92 Å². The Bertz CT molecular complexity index is 466. The summed E-state index contributed by atoms with van der Waals surface area (Å²) in [7, 11) is 0. The van der Waals surface area contributed by atoms with Gasteiger partial charge in [0.15, 0.2) is 5.13 Å². The smallest absolute Gasteiger partial charge is 0.265 e. The first-order valence-corrected chi connectivity index (χ1v) is 8.47. The molecule has 0 saturated carbocycles. The van der Waals surface area contributed by atoms with E-state index in [-0.39, 0.29) is 5.91 Å². The Balaban J connectivity index is 1.99. The maximum Gasteiger partial charge on any atom is 0.265 e. The first-order chi connectivity index (χ1) is 10.2. The van der Waals surface area contributed by atoms with Gasteiger partial charge < -0.3 is 21.3 Å². The van der Waals surface area contributed by atoms with E-state index in [2.05, 4.69) is 34.4 Å². The highest BCUT2D eigenvalue weighted by Crippen LogP contribution is 2.28. The molecule has 1 aromatic heterocycles. The lowest BCUT2D eigenvalue weighted by atomic mass is 10.0. The lowest BCUT2D eigenvalue weighted by Crippen LogP contribution is -2.43. The standard InChI is InChI=1S/C14H25N5OS/c1-3-10(4-2)9-17-13(20)11-12(15)18-14(21-11)19-7-5-16-6-8-19/h10,16H,3-9,15H2,1-2H3,(H,17,20). The molecule has 0 radical (unpaired) electrons. The van der Waals surface area contributed by atoms with Crippen LogP contribution in [0.15, 0.2) is 0 Å². The first kappa shape index (κ1) is 16.0. The van der Waals surface area contributed by atoms with E-state index in [0.717, 1.165) is 44.2 Å². The number of piperazine rings is 1. The monoisotopic (exact) mass is 311 g/mol. The fraction of sp³-hybridized carbons (Fsp3) is 0.714. The van der Waals surface area contributed by atoms with Crippen molar-refractivity contribution in [2.45, 2.75) is 26.7 Å². The molecule has 118 valence electrons. The highest BCUT2D eigenvalue weighted by Gasteiger charge is 2.21. The summed E-state index contributed by atoms with van der Waals surface area (Å²) < 4.78 is 0. The van der Waals surface area contributed by atoms with Crippen LogP contribution in [0.4, 0.5) is 10.9 Å². The second kappa shape index (κ2) is 7.61. The van der Waals surface area contributed by atoms with Crippen LogP contribution in [-0.4, -0.2) is 43.6 Å². The average Bonchev–Trinajstić information content (AvgIpc) is 2.91. The Morgan fingerprint density at radius 3 is 2.71 bits per heavy atom. The number of hydrogen-bond donors (Lipinski definition) is 3.